The molecule has 3 rings (SSSR count). The van der Waals surface area contributed by atoms with Crippen LogP contribution >= 0.6 is 0 Å². The van der Waals surface area contributed by atoms with Gasteiger partial charge in [-0.05, 0) is 49.7 Å². The predicted molar refractivity (Wildman–Crippen MR) is 109 cm³/mol. The van der Waals surface area contributed by atoms with Gasteiger partial charge in [-0.15, -0.1) is 0 Å². The Bertz CT molecular complexity index is 1240. The van der Waals surface area contributed by atoms with Crippen molar-refractivity contribution in [1.82, 2.24) is 5.16 Å². The second kappa shape index (κ2) is 8.96. The third-order valence-electron chi connectivity index (χ3n) is 4.05. The van der Waals surface area contributed by atoms with Gasteiger partial charge in [0.05, 0.1) is 16.1 Å². The second-order valence-corrected chi connectivity index (χ2v) is 8.16. The fourth-order valence-electron chi connectivity index (χ4n) is 2.68. The van der Waals surface area contributed by atoms with Crippen molar-refractivity contribution >= 4 is 33.4 Å². The van der Waals surface area contributed by atoms with Gasteiger partial charge in [0.1, 0.15) is 11.6 Å². The van der Waals surface area contributed by atoms with Gasteiger partial charge in [0.25, 0.3) is 15.9 Å². The molecular formula is C20H18FN3O6S. The fourth-order valence-corrected chi connectivity index (χ4v) is 3.98. The van der Waals surface area contributed by atoms with Crippen LogP contribution in [0.25, 0.3) is 0 Å². The van der Waals surface area contributed by atoms with E-state index in [2.05, 4.69) is 15.2 Å². The largest absolute Gasteiger partial charge is 0.452 e. The quantitative estimate of drug-likeness (QED) is 0.533. The average molecular weight is 447 g/mol. The van der Waals surface area contributed by atoms with Crippen molar-refractivity contribution in [2.45, 2.75) is 18.7 Å². The molecule has 9 nitrogen and oxygen atoms in total. The first-order valence-corrected chi connectivity index (χ1v) is 10.4. The van der Waals surface area contributed by atoms with Crippen molar-refractivity contribution in [2.24, 2.45) is 0 Å². The van der Waals surface area contributed by atoms with Gasteiger partial charge >= 0.3 is 5.97 Å². The molecule has 0 aliphatic rings. The van der Waals surface area contributed by atoms with Crippen LogP contribution in [0.15, 0.2) is 57.9 Å². The number of benzene rings is 2. The summed E-state index contributed by atoms with van der Waals surface area (Å²) in [4.78, 5) is 24.2. The van der Waals surface area contributed by atoms with E-state index in [0.717, 1.165) is 18.2 Å². The minimum Gasteiger partial charge on any atom is -0.452 e. The Morgan fingerprint density at radius 1 is 1.13 bits per heavy atom. The number of hydrogen-bond acceptors (Lipinski definition) is 7. The number of nitrogens with one attached hydrogen (secondary N) is 2. The van der Waals surface area contributed by atoms with Crippen LogP contribution in [-0.4, -0.2) is 32.1 Å². The van der Waals surface area contributed by atoms with E-state index < -0.39 is 34.3 Å². The summed E-state index contributed by atoms with van der Waals surface area (Å²) in [6.45, 7) is 2.48. The number of nitrogens with zero attached hydrogens (tertiary/aromatic N) is 1. The number of para-hydroxylation sites is 1. The zero-order chi connectivity index (χ0) is 22.6. The van der Waals surface area contributed by atoms with E-state index in [-0.39, 0.29) is 27.5 Å². The molecule has 0 bridgehead atoms. The molecule has 162 valence electrons. The molecule has 0 unspecified atom stereocenters. The Balaban J connectivity index is 1.72. The van der Waals surface area contributed by atoms with Crippen LogP contribution in [0.5, 0.6) is 0 Å². The lowest BCUT2D eigenvalue weighted by Crippen LogP contribution is -2.22. The highest BCUT2D eigenvalue weighted by atomic mass is 32.2. The normalized spacial score (nSPS) is 11.1. The number of aromatic nitrogens is 1. The Hall–Kier alpha value is -3.73. The maximum absolute atomic E-state index is 13.3. The van der Waals surface area contributed by atoms with Gasteiger partial charge in [0.2, 0.25) is 0 Å². The summed E-state index contributed by atoms with van der Waals surface area (Å²) in [5.41, 5.74) is 0.0481. The molecular weight excluding hydrogens is 429 g/mol. The summed E-state index contributed by atoms with van der Waals surface area (Å²) in [6, 6.07) is 10.5. The van der Waals surface area contributed by atoms with E-state index >= 15 is 0 Å². The van der Waals surface area contributed by atoms with Gasteiger partial charge < -0.3 is 14.6 Å². The monoisotopic (exact) mass is 447 g/mol. The Morgan fingerprint density at radius 2 is 1.87 bits per heavy atom. The van der Waals surface area contributed by atoms with Crippen molar-refractivity contribution < 1.29 is 31.7 Å². The molecule has 2 aromatic carbocycles. The number of amides is 1. The number of halogens is 1. The van der Waals surface area contributed by atoms with Crippen LogP contribution in [-0.2, 0) is 19.6 Å². The zero-order valence-corrected chi connectivity index (χ0v) is 17.3. The maximum Gasteiger partial charge on any atom is 0.340 e. The lowest BCUT2D eigenvalue weighted by Gasteiger charge is -2.13. The maximum atomic E-state index is 13.3. The highest BCUT2D eigenvalue weighted by molar-refractivity contribution is 7.92. The predicted octanol–water partition coefficient (Wildman–Crippen LogP) is 3.03. The minimum atomic E-state index is -4.11. The Morgan fingerprint density at radius 3 is 2.55 bits per heavy atom. The van der Waals surface area contributed by atoms with Crippen LogP contribution in [0.1, 0.15) is 21.7 Å². The molecule has 0 saturated heterocycles. The number of sulfonamides is 1. The number of esters is 1. The number of carbonyl (C=O) groups is 2. The number of hydrogen-bond donors (Lipinski definition) is 2. The lowest BCUT2D eigenvalue weighted by atomic mass is 10.2. The summed E-state index contributed by atoms with van der Waals surface area (Å²) in [7, 11) is -4.11. The van der Waals surface area contributed by atoms with E-state index in [0.29, 0.717) is 5.76 Å². The summed E-state index contributed by atoms with van der Waals surface area (Å²) in [5, 5.41) is 5.98. The molecule has 1 amide bonds. The van der Waals surface area contributed by atoms with E-state index in [4.69, 9.17) is 9.26 Å². The standard InChI is InChI=1S/C20H18FN3O6S/c1-12-9-14(21)7-8-17(12)31(27,28)24-16-6-4-3-5-15(16)20(26)29-11-19(25)22-18-10-13(2)30-23-18/h3-10,24H,11H2,1-2H3,(H,22,23,25). The van der Waals surface area contributed by atoms with Crippen molar-refractivity contribution in [3.63, 3.8) is 0 Å². The van der Waals surface area contributed by atoms with Crippen LogP contribution in [0, 0.1) is 19.7 Å². The third-order valence-corrected chi connectivity index (χ3v) is 5.57. The van der Waals surface area contributed by atoms with Gasteiger partial charge in [-0.3, -0.25) is 9.52 Å². The molecule has 0 spiro atoms. The second-order valence-electron chi connectivity index (χ2n) is 6.51. The first-order valence-electron chi connectivity index (χ1n) is 8.94. The number of ether oxygens (including phenoxy) is 1. The first kappa shape index (κ1) is 22.0. The number of rotatable bonds is 7. The van der Waals surface area contributed by atoms with Gasteiger partial charge in [0.15, 0.2) is 12.4 Å². The number of anilines is 2. The van der Waals surface area contributed by atoms with E-state index in [1.165, 1.54) is 37.3 Å². The van der Waals surface area contributed by atoms with E-state index in [1.807, 2.05) is 0 Å². The zero-order valence-electron chi connectivity index (χ0n) is 16.5. The Kier molecular flexibility index (Phi) is 6.35. The average Bonchev–Trinajstić information content (AvgIpc) is 3.10. The number of carbonyl (C=O) groups excluding carboxylic acids is 2. The lowest BCUT2D eigenvalue weighted by molar-refractivity contribution is -0.119. The van der Waals surface area contributed by atoms with Crippen LogP contribution in [0.2, 0.25) is 0 Å². The van der Waals surface area contributed by atoms with Crippen LogP contribution in [0.3, 0.4) is 0 Å². The summed E-state index contributed by atoms with van der Waals surface area (Å²) >= 11 is 0. The highest BCUT2D eigenvalue weighted by Gasteiger charge is 2.22. The van der Waals surface area contributed by atoms with Gasteiger partial charge in [0, 0.05) is 6.07 Å². The molecule has 1 aromatic heterocycles. The molecule has 0 saturated carbocycles. The molecule has 0 aliphatic heterocycles. The molecule has 0 radical (unpaired) electrons. The smallest absolute Gasteiger partial charge is 0.340 e. The SMILES string of the molecule is Cc1cc(NC(=O)COC(=O)c2ccccc2NS(=O)(=O)c2ccc(F)cc2C)no1. The van der Waals surface area contributed by atoms with Crippen molar-refractivity contribution in [3.05, 3.63) is 71.2 Å². The molecule has 3 aromatic rings. The van der Waals surface area contributed by atoms with Crippen molar-refractivity contribution in [2.75, 3.05) is 16.6 Å². The van der Waals surface area contributed by atoms with Gasteiger partial charge in [-0.2, -0.15) is 0 Å². The Labute approximate surface area is 177 Å². The summed E-state index contributed by atoms with van der Waals surface area (Å²) < 4.78 is 50.8. The molecule has 31 heavy (non-hydrogen) atoms. The molecule has 0 atom stereocenters. The van der Waals surface area contributed by atoms with Crippen molar-refractivity contribution in [1.29, 1.82) is 0 Å². The molecule has 1 heterocycles. The topological polar surface area (TPSA) is 128 Å². The summed E-state index contributed by atoms with van der Waals surface area (Å²) in [5.74, 6) is -1.48. The molecule has 0 fully saturated rings. The van der Waals surface area contributed by atoms with E-state index in [9.17, 15) is 22.4 Å². The number of aryl methyl sites for hydroxylation is 2. The fraction of sp³-hybridized carbons (Fsp3) is 0.150. The van der Waals surface area contributed by atoms with Gasteiger partial charge in [-0.25, -0.2) is 17.6 Å². The molecule has 2 N–H and O–H groups in total. The summed E-state index contributed by atoms with van der Waals surface area (Å²) in [6.07, 6.45) is 0. The minimum absolute atomic E-state index is 0.0521. The highest BCUT2D eigenvalue weighted by Crippen LogP contribution is 2.23. The van der Waals surface area contributed by atoms with E-state index in [1.54, 1.807) is 6.92 Å². The van der Waals surface area contributed by atoms with Crippen molar-refractivity contribution in [3.8, 4) is 0 Å². The van der Waals surface area contributed by atoms with Gasteiger partial charge in [-0.1, -0.05) is 17.3 Å². The first-order chi connectivity index (χ1) is 14.7. The third kappa shape index (κ3) is 5.45. The van der Waals surface area contributed by atoms with Crippen LogP contribution in [0.4, 0.5) is 15.9 Å². The van der Waals surface area contributed by atoms with Crippen LogP contribution < -0.4 is 10.0 Å². The molecule has 11 heteroatoms. The molecule has 0 aliphatic carbocycles.